The number of nitrogens with zero attached hydrogens (tertiary/aromatic N) is 2. The average molecular weight is 1100 g/mol. The number of carbonyl (C=O) groups is 8. The van der Waals surface area contributed by atoms with E-state index in [0.29, 0.717) is 48.2 Å². The highest BCUT2D eigenvalue weighted by Gasteiger charge is 2.37. The molecule has 80 heavy (non-hydrogen) atoms. The van der Waals surface area contributed by atoms with Gasteiger partial charge in [0.05, 0.1) is 19.3 Å². The van der Waals surface area contributed by atoms with Gasteiger partial charge >= 0.3 is 0 Å². The summed E-state index contributed by atoms with van der Waals surface area (Å²) < 4.78 is 0. The van der Waals surface area contributed by atoms with Gasteiger partial charge in [0.1, 0.15) is 48.3 Å². The Hall–Kier alpha value is -8.42. The molecule has 25 heteroatoms. The zero-order valence-electron chi connectivity index (χ0n) is 44.9. The van der Waals surface area contributed by atoms with E-state index in [4.69, 9.17) is 11.5 Å². The van der Waals surface area contributed by atoms with Crippen molar-refractivity contribution >= 4 is 69.1 Å². The molecule has 1 aliphatic heterocycles. The van der Waals surface area contributed by atoms with Crippen molar-refractivity contribution in [2.45, 2.75) is 133 Å². The Kier molecular flexibility index (Phi) is 21.5. The summed E-state index contributed by atoms with van der Waals surface area (Å²) in [6, 6.07) is 3.62. The third-order valence-corrected chi connectivity index (χ3v) is 14.0. The molecular weight excluding hydrogens is 1030 g/mol. The summed E-state index contributed by atoms with van der Waals surface area (Å²) in [5.41, 5.74) is 15.4. The van der Waals surface area contributed by atoms with E-state index in [1.165, 1.54) is 25.0 Å². The first-order chi connectivity index (χ1) is 38.6. The topological polar surface area (TPSA) is 394 Å². The molecule has 1 saturated heterocycles. The molecule has 6 aromatic rings. The van der Waals surface area contributed by atoms with Crippen LogP contribution in [0.3, 0.4) is 0 Å². The van der Waals surface area contributed by atoms with E-state index < -0.39 is 102 Å². The minimum atomic E-state index is -1.69. The number of hydrogen-bond acceptors (Lipinski definition) is 13. The smallest absolute Gasteiger partial charge is 0.245 e. The van der Waals surface area contributed by atoms with E-state index in [1.807, 2.05) is 62.4 Å². The van der Waals surface area contributed by atoms with Crippen molar-refractivity contribution in [2.24, 2.45) is 17.4 Å². The summed E-state index contributed by atoms with van der Waals surface area (Å²) in [5.74, 6) is -6.72. The van der Waals surface area contributed by atoms with Crippen LogP contribution in [0, 0.1) is 5.92 Å². The van der Waals surface area contributed by atoms with Gasteiger partial charge in [0.25, 0.3) is 0 Å². The minimum absolute atomic E-state index is 0.0474. The lowest BCUT2D eigenvalue weighted by Gasteiger charge is -2.29. The number of aliphatic hydroxyl groups is 1. The number of unbranched alkanes of at least 4 members (excludes halogenated alkanes) is 2. The van der Waals surface area contributed by atoms with Crippen molar-refractivity contribution in [2.75, 3.05) is 19.7 Å². The first-order valence-electron chi connectivity index (χ1n) is 27.1. The first-order valence-corrected chi connectivity index (χ1v) is 27.1. The second-order valence-corrected chi connectivity index (χ2v) is 20.6. The highest BCUT2D eigenvalue weighted by molar-refractivity contribution is 5.99. The molecule has 0 unspecified atom stereocenters. The lowest BCUT2D eigenvalue weighted by Crippen LogP contribution is -2.62. The molecule has 4 aromatic heterocycles. The van der Waals surface area contributed by atoms with Gasteiger partial charge in [-0.25, -0.2) is 9.97 Å². The zero-order chi connectivity index (χ0) is 57.1. The van der Waals surface area contributed by atoms with Gasteiger partial charge in [-0.3, -0.25) is 38.4 Å². The molecule has 2 aromatic carbocycles. The molecule has 7 rings (SSSR count). The number of para-hydroxylation sites is 2. The standard InChI is InChI=1S/C55H74N16O9/c1-31(2)19-42-50(75)68-43(20-32-24-60-38-13-5-3-11-36(32)38)51(76)64-41(16-8-10-18-57)49(74)69-46(23-35-27-59-30-63-35)54(79)71-47(28-72)55(80)70-45(22-34-26-58-29-62-34)53(78)65-40(15-7-9-17-56)48(73)67-44(52(77)66-42)21-33-25-61-39-14-6-4-12-37(33)39/h3-6,11-14,24-27,29-31,40-47,60-61,72H,7-10,15-23,28,56-57H2,1-2H3,(H,58,62)(H,59,63)(H,64,76)(H,65,78)(H,66,77)(H,67,73)(H,68,75)(H,69,74)(H,70,80)(H,71,79)/t40-,41-,42-,43+,44+,45+,46+,47-/m0/s1. The number of carbonyl (C=O) groups excluding carboxylic acids is 8. The van der Waals surface area contributed by atoms with E-state index >= 15 is 0 Å². The molecule has 428 valence electrons. The molecule has 0 saturated carbocycles. The molecule has 0 aliphatic carbocycles. The van der Waals surface area contributed by atoms with Gasteiger partial charge < -0.3 is 79.0 Å². The van der Waals surface area contributed by atoms with Crippen molar-refractivity contribution in [1.29, 1.82) is 0 Å². The molecule has 17 N–H and O–H groups in total. The third kappa shape index (κ3) is 16.3. The molecule has 8 atom stereocenters. The highest BCUT2D eigenvalue weighted by atomic mass is 16.3. The Morgan fingerprint density at radius 1 is 0.450 bits per heavy atom. The number of aromatic nitrogens is 6. The lowest BCUT2D eigenvalue weighted by molar-refractivity contribution is -0.137. The van der Waals surface area contributed by atoms with E-state index in [2.05, 4.69) is 72.4 Å². The van der Waals surface area contributed by atoms with Crippen molar-refractivity contribution in [3.05, 3.63) is 108 Å². The maximum Gasteiger partial charge on any atom is 0.245 e. The summed E-state index contributed by atoms with van der Waals surface area (Å²) in [7, 11) is 0. The fourth-order valence-electron chi connectivity index (χ4n) is 9.71. The largest absolute Gasteiger partial charge is 0.394 e. The lowest BCUT2D eigenvalue weighted by atomic mass is 9.99. The Morgan fingerprint density at radius 3 is 1.19 bits per heavy atom. The van der Waals surface area contributed by atoms with Gasteiger partial charge in [-0.2, -0.15) is 0 Å². The quantitative estimate of drug-likeness (QED) is 0.0458. The summed E-state index contributed by atoms with van der Waals surface area (Å²) >= 11 is 0. The molecule has 1 aliphatic rings. The van der Waals surface area contributed by atoms with Gasteiger partial charge in [-0.15, -0.1) is 0 Å². The van der Waals surface area contributed by atoms with Crippen LogP contribution in [0.1, 0.15) is 81.3 Å². The maximum absolute atomic E-state index is 15.0. The number of amides is 8. The molecule has 0 radical (unpaired) electrons. The fourth-order valence-corrected chi connectivity index (χ4v) is 9.71. The van der Waals surface area contributed by atoms with Crippen molar-refractivity contribution in [3.8, 4) is 0 Å². The summed E-state index contributed by atoms with van der Waals surface area (Å²) in [4.78, 5) is 137. The van der Waals surface area contributed by atoms with Gasteiger partial charge in [0, 0.05) is 83.7 Å². The van der Waals surface area contributed by atoms with Crippen LogP contribution in [0.15, 0.2) is 86.0 Å². The Morgan fingerprint density at radius 2 is 0.800 bits per heavy atom. The monoisotopic (exact) mass is 1100 g/mol. The number of fused-ring (bicyclic) bond motifs is 2. The number of nitrogens with two attached hydrogens (primary N) is 2. The van der Waals surface area contributed by atoms with E-state index in [9.17, 15) is 43.5 Å². The first kappa shape index (κ1) is 59.2. The van der Waals surface area contributed by atoms with E-state index in [1.54, 1.807) is 12.4 Å². The number of rotatable bonds is 19. The average Bonchev–Trinajstić information content (AvgIpc) is 4.30. The van der Waals surface area contributed by atoms with Crippen LogP contribution >= 0.6 is 0 Å². The van der Waals surface area contributed by atoms with Crippen LogP contribution in [0.2, 0.25) is 0 Å². The summed E-state index contributed by atoms with van der Waals surface area (Å²) in [6.07, 6.45) is 10.4. The number of nitrogens with one attached hydrogen (secondary N) is 12. The van der Waals surface area contributed by atoms with Gasteiger partial charge in [0.2, 0.25) is 47.3 Å². The summed E-state index contributed by atoms with van der Waals surface area (Å²) in [6.45, 7) is 3.30. The number of aromatic amines is 4. The second kappa shape index (κ2) is 29.0. The SMILES string of the molecule is CC(C)C[C@@H]1NC(=O)[C@@H](Cc2c[nH]c3ccccc23)NC(=O)[C@H](CCCCN)NC(=O)[C@@H](Cc2cnc[nH]2)NC(=O)[C@H](CO)NC(=O)[C@@H](Cc2cnc[nH]2)NC(=O)[C@H](CCCCN)NC(=O)[C@@H](Cc2c[nH]c3ccccc23)NC1=O. The Labute approximate surface area is 461 Å². The van der Waals surface area contributed by atoms with Crippen LogP contribution in [-0.2, 0) is 64.0 Å². The zero-order valence-corrected chi connectivity index (χ0v) is 44.9. The number of aliphatic hydroxyl groups excluding tert-OH is 1. The Balaban J connectivity index is 1.30. The third-order valence-electron chi connectivity index (χ3n) is 14.0. The number of H-pyrrole nitrogens is 4. The van der Waals surface area contributed by atoms with Crippen LogP contribution in [-0.4, -0.2) is 150 Å². The normalized spacial score (nSPS) is 22.6. The van der Waals surface area contributed by atoms with E-state index in [0.717, 1.165) is 21.8 Å². The Bertz CT molecular complexity index is 2910. The second-order valence-electron chi connectivity index (χ2n) is 20.6. The fraction of sp³-hybridized carbons (Fsp3) is 0.455. The predicted octanol–water partition coefficient (Wildman–Crippen LogP) is -0.446. The van der Waals surface area contributed by atoms with Crippen LogP contribution in [0.5, 0.6) is 0 Å². The number of imidazole rings is 2. The van der Waals surface area contributed by atoms with E-state index in [-0.39, 0.29) is 64.0 Å². The highest BCUT2D eigenvalue weighted by Crippen LogP contribution is 2.22. The van der Waals surface area contributed by atoms with Crippen molar-refractivity contribution in [1.82, 2.24) is 72.4 Å². The molecule has 0 spiro atoms. The molecule has 1 fully saturated rings. The van der Waals surface area contributed by atoms with Crippen LogP contribution in [0.25, 0.3) is 21.8 Å². The van der Waals surface area contributed by atoms with Gasteiger partial charge in [-0.1, -0.05) is 50.2 Å². The van der Waals surface area contributed by atoms with Crippen LogP contribution < -0.4 is 54.0 Å². The van der Waals surface area contributed by atoms with Gasteiger partial charge in [0.15, 0.2) is 0 Å². The van der Waals surface area contributed by atoms with Crippen molar-refractivity contribution < 1.29 is 43.5 Å². The molecule has 8 amide bonds. The molecular formula is C55H74N16O9. The van der Waals surface area contributed by atoms with Gasteiger partial charge in [-0.05, 0) is 87.2 Å². The predicted molar refractivity (Wildman–Crippen MR) is 296 cm³/mol. The molecule has 0 bridgehead atoms. The minimum Gasteiger partial charge on any atom is -0.394 e. The maximum atomic E-state index is 15.0. The molecule has 25 nitrogen and oxygen atoms in total. The van der Waals surface area contributed by atoms with Crippen LogP contribution in [0.4, 0.5) is 0 Å². The number of benzene rings is 2. The van der Waals surface area contributed by atoms with Crippen molar-refractivity contribution in [3.63, 3.8) is 0 Å². The number of hydrogen-bond donors (Lipinski definition) is 15. The molecule has 5 heterocycles. The summed E-state index contributed by atoms with van der Waals surface area (Å²) in [5, 5.41) is 34.3.